The monoisotopic (exact) mass is 309 g/mol. The Morgan fingerprint density at radius 1 is 1.19 bits per heavy atom. The number of ketones is 1. The molecule has 1 aromatic rings. The van der Waals surface area contributed by atoms with Crippen LogP contribution in [0.5, 0.6) is 0 Å². The molecule has 1 aromatic carbocycles. The summed E-state index contributed by atoms with van der Waals surface area (Å²) in [5.74, 6) is 0.0836. The van der Waals surface area contributed by atoms with E-state index in [-0.39, 0.29) is 11.7 Å². The Kier molecular flexibility index (Phi) is 4.48. The number of hydrogen-bond donors (Lipinski definition) is 0. The number of halogens is 1. The number of carbonyl (C=O) groups is 1. The van der Waals surface area contributed by atoms with Crippen LogP contribution in [0.3, 0.4) is 0 Å². The summed E-state index contributed by atoms with van der Waals surface area (Å²) in [5, 5.41) is 0.739. The van der Waals surface area contributed by atoms with Gasteiger partial charge in [0.1, 0.15) is 5.60 Å². The van der Waals surface area contributed by atoms with E-state index in [0.717, 1.165) is 11.6 Å². The minimum atomic E-state index is -0.685. The van der Waals surface area contributed by atoms with Crippen molar-refractivity contribution in [1.82, 2.24) is 4.90 Å². The van der Waals surface area contributed by atoms with E-state index >= 15 is 0 Å². The van der Waals surface area contributed by atoms with Crippen molar-refractivity contribution >= 4 is 17.4 Å². The summed E-state index contributed by atoms with van der Waals surface area (Å²) in [6.45, 7) is 9.20. The van der Waals surface area contributed by atoms with E-state index < -0.39 is 11.2 Å². The van der Waals surface area contributed by atoms with Crippen LogP contribution in [-0.2, 0) is 16.1 Å². The average Bonchev–Trinajstić information content (AvgIpc) is 2.50. The average molecular weight is 310 g/mol. The van der Waals surface area contributed by atoms with Gasteiger partial charge >= 0.3 is 0 Å². The summed E-state index contributed by atoms with van der Waals surface area (Å²) in [6, 6.07) is 7.81. The first-order valence-corrected chi connectivity index (χ1v) is 7.67. The summed E-state index contributed by atoms with van der Waals surface area (Å²) < 4.78 is 5.93. The lowest BCUT2D eigenvalue weighted by atomic mass is 9.85. The van der Waals surface area contributed by atoms with Gasteiger partial charge in [-0.1, -0.05) is 23.7 Å². The maximum atomic E-state index is 12.5. The van der Waals surface area contributed by atoms with Crippen molar-refractivity contribution in [3.8, 4) is 0 Å². The van der Waals surface area contributed by atoms with Gasteiger partial charge < -0.3 is 9.64 Å². The number of nitrogens with zero attached hydrogens (tertiary/aromatic N) is 1. The second-order valence-electron chi connectivity index (χ2n) is 6.96. The van der Waals surface area contributed by atoms with Crippen molar-refractivity contribution in [1.29, 1.82) is 0 Å². The summed E-state index contributed by atoms with van der Waals surface area (Å²) >= 11 is 5.90. The van der Waals surface area contributed by atoms with Gasteiger partial charge in [0.2, 0.25) is 0 Å². The van der Waals surface area contributed by atoms with Crippen LogP contribution in [0, 0.1) is 5.92 Å². The van der Waals surface area contributed by atoms with Crippen molar-refractivity contribution in [3.63, 3.8) is 0 Å². The Morgan fingerprint density at radius 2 is 1.76 bits per heavy atom. The zero-order chi connectivity index (χ0) is 15.8. The minimum absolute atomic E-state index is 0.107. The molecule has 1 unspecified atom stereocenters. The molecule has 1 heterocycles. The third-order valence-corrected chi connectivity index (χ3v) is 4.38. The van der Waals surface area contributed by atoms with E-state index in [2.05, 4.69) is 4.90 Å². The quantitative estimate of drug-likeness (QED) is 0.852. The fourth-order valence-corrected chi connectivity index (χ4v) is 3.22. The number of ether oxygens (including phenoxy) is 1. The minimum Gasteiger partial charge on any atom is -0.361 e. The first-order valence-electron chi connectivity index (χ1n) is 7.29. The van der Waals surface area contributed by atoms with Gasteiger partial charge in [-0.3, -0.25) is 4.79 Å². The molecule has 0 aliphatic carbocycles. The molecule has 1 aliphatic heterocycles. The molecular formula is C17H24ClNO2. The first kappa shape index (κ1) is 16.5. The van der Waals surface area contributed by atoms with Crippen LogP contribution in [0.1, 0.15) is 33.3 Å². The smallest absolute Gasteiger partial charge is 0.171 e. The van der Waals surface area contributed by atoms with Crippen LogP contribution in [-0.4, -0.2) is 35.5 Å². The Bertz CT molecular complexity index is 522. The largest absolute Gasteiger partial charge is 0.361 e. The molecule has 1 aliphatic rings. The number of hydrogen-bond acceptors (Lipinski definition) is 3. The Labute approximate surface area is 132 Å². The second kappa shape index (κ2) is 5.71. The summed E-state index contributed by atoms with van der Waals surface area (Å²) in [4.78, 5) is 14.7. The van der Waals surface area contributed by atoms with E-state index in [4.69, 9.17) is 16.3 Å². The number of benzene rings is 1. The Hall–Kier alpha value is -0.900. The topological polar surface area (TPSA) is 29.5 Å². The molecular weight excluding hydrogens is 286 g/mol. The molecule has 3 nitrogen and oxygen atoms in total. The highest BCUT2D eigenvalue weighted by Crippen LogP contribution is 2.39. The molecule has 0 spiro atoms. The summed E-state index contributed by atoms with van der Waals surface area (Å²) in [7, 11) is 2.03. The molecule has 1 atom stereocenters. The highest BCUT2D eigenvalue weighted by atomic mass is 35.5. The zero-order valence-electron chi connectivity index (χ0n) is 13.4. The molecule has 0 amide bonds. The van der Waals surface area contributed by atoms with Gasteiger partial charge in [-0.2, -0.15) is 0 Å². The lowest BCUT2D eigenvalue weighted by Crippen LogP contribution is -2.39. The summed E-state index contributed by atoms with van der Waals surface area (Å²) in [5.41, 5.74) is 0.0785. The molecule has 2 rings (SSSR count). The van der Waals surface area contributed by atoms with Gasteiger partial charge in [0, 0.05) is 18.1 Å². The maximum Gasteiger partial charge on any atom is 0.171 e. The summed E-state index contributed by atoms with van der Waals surface area (Å²) in [6.07, 6.45) is 0. The molecule has 0 saturated carbocycles. The molecule has 116 valence electrons. The molecule has 21 heavy (non-hydrogen) atoms. The lowest BCUT2D eigenvalue weighted by molar-refractivity contribution is -0.132. The lowest BCUT2D eigenvalue weighted by Gasteiger charge is -2.28. The molecule has 0 bridgehead atoms. The van der Waals surface area contributed by atoms with Gasteiger partial charge in [-0.25, -0.2) is 0 Å². The van der Waals surface area contributed by atoms with E-state index in [0.29, 0.717) is 6.54 Å². The van der Waals surface area contributed by atoms with Crippen molar-refractivity contribution in [2.45, 2.75) is 45.4 Å². The second-order valence-corrected chi connectivity index (χ2v) is 7.39. The normalized spacial score (nSPS) is 23.8. The van der Waals surface area contributed by atoms with Crippen molar-refractivity contribution < 1.29 is 9.53 Å². The van der Waals surface area contributed by atoms with Crippen molar-refractivity contribution in [2.75, 3.05) is 13.6 Å². The molecule has 4 heteroatoms. The number of Topliss-reactive ketones (excluding diaryl/α,β-unsaturated/α-hetero) is 1. The fourth-order valence-electron chi connectivity index (χ4n) is 3.09. The third kappa shape index (κ3) is 3.65. The van der Waals surface area contributed by atoms with Crippen LogP contribution in [0.15, 0.2) is 24.3 Å². The van der Waals surface area contributed by atoms with E-state index in [1.165, 1.54) is 5.56 Å². The molecule has 0 radical (unpaired) electrons. The van der Waals surface area contributed by atoms with E-state index in [1.807, 2.05) is 59.0 Å². The highest BCUT2D eigenvalue weighted by molar-refractivity contribution is 6.30. The van der Waals surface area contributed by atoms with Crippen molar-refractivity contribution in [3.05, 3.63) is 34.9 Å². The molecule has 1 saturated heterocycles. The maximum absolute atomic E-state index is 12.5. The predicted molar refractivity (Wildman–Crippen MR) is 85.5 cm³/mol. The SMILES string of the molecule is CN(Cc1ccc(Cl)cc1)CC1C(=O)C(C)(C)OC1(C)C. The first-order chi connectivity index (χ1) is 9.62. The van der Waals surface area contributed by atoms with E-state index in [1.54, 1.807) is 0 Å². The standard InChI is InChI=1S/C17H24ClNO2/c1-16(2)14(15(20)17(3,4)21-16)11-19(5)10-12-6-8-13(18)9-7-12/h6-9,14H,10-11H2,1-5H3. The van der Waals surface area contributed by atoms with Gasteiger partial charge in [0.05, 0.1) is 11.5 Å². The number of carbonyl (C=O) groups excluding carboxylic acids is 1. The van der Waals surface area contributed by atoms with Crippen LogP contribution in [0.4, 0.5) is 0 Å². The van der Waals surface area contributed by atoms with E-state index in [9.17, 15) is 4.79 Å². The predicted octanol–water partition coefficient (Wildman–Crippen LogP) is 3.54. The molecule has 1 fully saturated rings. The van der Waals surface area contributed by atoms with Crippen LogP contribution in [0.2, 0.25) is 5.02 Å². The van der Waals surface area contributed by atoms with Crippen LogP contribution in [0.25, 0.3) is 0 Å². The van der Waals surface area contributed by atoms with Crippen molar-refractivity contribution in [2.24, 2.45) is 5.92 Å². The fraction of sp³-hybridized carbons (Fsp3) is 0.588. The van der Waals surface area contributed by atoms with Gasteiger partial charge in [0.25, 0.3) is 0 Å². The van der Waals surface area contributed by atoms with Gasteiger partial charge in [0.15, 0.2) is 5.78 Å². The van der Waals surface area contributed by atoms with Gasteiger partial charge in [-0.05, 0) is 52.4 Å². The zero-order valence-corrected chi connectivity index (χ0v) is 14.2. The third-order valence-electron chi connectivity index (χ3n) is 4.13. The molecule has 0 aromatic heterocycles. The molecule has 0 N–H and O–H groups in total. The van der Waals surface area contributed by atoms with Crippen LogP contribution < -0.4 is 0 Å². The Balaban J connectivity index is 2.03. The Morgan fingerprint density at radius 3 is 2.24 bits per heavy atom. The van der Waals surface area contributed by atoms with Crippen LogP contribution >= 0.6 is 11.6 Å². The van der Waals surface area contributed by atoms with Gasteiger partial charge in [-0.15, -0.1) is 0 Å². The highest BCUT2D eigenvalue weighted by Gasteiger charge is 2.53. The number of rotatable bonds is 4.